The van der Waals surface area contributed by atoms with Crippen LogP contribution in [0, 0.1) is 11.6 Å². The van der Waals surface area contributed by atoms with Gasteiger partial charge >= 0.3 is 0 Å². The van der Waals surface area contributed by atoms with E-state index < -0.39 is 11.2 Å². The van der Waals surface area contributed by atoms with E-state index in [1.165, 1.54) is 24.3 Å². The zero-order valence-corrected chi connectivity index (χ0v) is 16.1. The van der Waals surface area contributed by atoms with Gasteiger partial charge in [-0.15, -0.1) is 0 Å². The molecule has 0 saturated heterocycles. The number of hydrogen-bond acceptors (Lipinski definition) is 5. The summed E-state index contributed by atoms with van der Waals surface area (Å²) in [6, 6.07) is 8.78. The molecular weight excluding hydrogens is 380 g/mol. The van der Waals surface area contributed by atoms with Gasteiger partial charge in [0.15, 0.2) is 0 Å². The second-order valence-corrected chi connectivity index (χ2v) is 7.99. The molecular formula is C22H25F2NO4. The molecule has 0 saturated carbocycles. The number of aliphatic hydroxyl groups excluding tert-OH is 2. The van der Waals surface area contributed by atoms with E-state index in [1.54, 1.807) is 12.1 Å². The summed E-state index contributed by atoms with van der Waals surface area (Å²) in [5, 5.41) is 23.2. The standard InChI is InChI=1S/C22H25F2NO4/c23-17-1-3-19-15(9-17)5-7-21(13-26,28-19)11-25-12-22(14-27)8-6-16-10-18(24)2-4-20(16)29-22/h1-4,9-10,25-27H,5-8,11-14H2. The predicted octanol–water partition coefficient (Wildman–Crippen LogP) is 2.37. The topological polar surface area (TPSA) is 71.0 Å². The first-order chi connectivity index (χ1) is 14.0. The molecule has 0 aliphatic carbocycles. The fourth-order valence-electron chi connectivity index (χ4n) is 4.08. The van der Waals surface area contributed by atoms with Gasteiger partial charge < -0.3 is 25.0 Å². The molecule has 0 spiro atoms. The molecule has 2 aromatic rings. The molecule has 2 atom stereocenters. The van der Waals surface area contributed by atoms with Crippen molar-refractivity contribution in [3.63, 3.8) is 0 Å². The zero-order valence-electron chi connectivity index (χ0n) is 16.1. The lowest BCUT2D eigenvalue weighted by molar-refractivity contribution is -0.0274. The second kappa shape index (κ2) is 7.89. The van der Waals surface area contributed by atoms with Crippen molar-refractivity contribution in [1.29, 1.82) is 0 Å². The van der Waals surface area contributed by atoms with Crippen molar-refractivity contribution in [2.75, 3.05) is 26.3 Å². The van der Waals surface area contributed by atoms with E-state index in [1.807, 2.05) is 0 Å². The van der Waals surface area contributed by atoms with E-state index in [9.17, 15) is 19.0 Å². The number of nitrogens with one attached hydrogen (secondary N) is 1. The molecule has 2 unspecified atom stereocenters. The average molecular weight is 405 g/mol. The van der Waals surface area contributed by atoms with E-state index in [-0.39, 0.29) is 24.8 Å². The van der Waals surface area contributed by atoms with Crippen molar-refractivity contribution in [3.05, 3.63) is 59.2 Å². The van der Waals surface area contributed by atoms with Crippen molar-refractivity contribution in [1.82, 2.24) is 5.32 Å². The summed E-state index contributed by atoms with van der Waals surface area (Å²) >= 11 is 0. The molecule has 156 valence electrons. The molecule has 0 bridgehead atoms. The third-order valence-corrected chi connectivity index (χ3v) is 5.87. The Labute approximate surface area is 168 Å². The Morgan fingerprint density at radius 1 is 0.793 bits per heavy atom. The molecule has 0 radical (unpaired) electrons. The molecule has 2 aromatic carbocycles. The van der Waals surface area contributed by atoms with Crippen LogP contribution in [0.4, 0.5) is 8.78 Å². The molecule has 4 rings (SSSR count). The Morgan fingerprint density at radius 3 is 1.66 bits per heavy atom. The minimum absolute atomic E-state index is 0.189. The smallest absolute Gasteiger partial charge is 0.145 e. The minimum Gasteiger partial charge on any atom is -0.483 e. The first kappa shape index (κ1) is 20.1. The van der Waals surface area contributed by atoms with Gasteiger partial charge in [0, 0.05) is 13.1 Å². The second-order valence-electron chi connectivity index (χ2n) is 7.99. The summed E-state index contributed by atoms with van der Waals surface area (Å²) in [5.41, 5.74) is -0.0605. The molecule has 3 N–H and O–H groups in total. The number of benzene rings is 2. The fourth-order valence-corrected chi connectivity index (χ4v) is 4.08. The Morgan fingerprint density at radius 2 is 1.24 bits per heavy atom. The maximum Gasteiger partial charge on any atom is 0.145 e. The lowest BCUT2D eigenvalue weighted by Crippen LogP contribution is -2.56. The number of hydrogen-bond donors (Lipinski definition) is 3. The average Bonchev–Trinajstić information content (AvgIpc) is 2.74. The van der Waals surface area contributed by atoms with Gasteiger partial charge in [0.2, 0.25) is 0 Å². The Kier molecular flexibility index (Phi) is 5.46. The fraction of sp³-hybridized carbons (Fsp3) is 0.455. The summed E-state index contributed by atoms with van der Waals surface area (Å²) in [6.07, 6.45) is 2.30. The number of aliphatic hydroxyl groups is 2. The van der Waals surface area contributed by atoms with Crippen LogP contribution in [0.3, 0.4) is 0 Å². The number of aryl methyl sites for hydroxylation is 2. The van der Waals surface area contributed by atoms with Crippen LogP contribution >= 0.6 is 0 Å². The van der Waals surface area contributed by atoms with E-state index >= 15 is 0 Å². The highest BCUT2D eigenvalue weighted by molar-refractivity contribution is 5.38. The van der Waals surface area contributed by atoms with Gasteiger partial charge in [-0.25, -0.2) is 8.78 Å². The highest BCUT2D eigenvalue weighted by Gasteiger charge is 2.39. The monoisotopic (exact) mass is 405 g/mol. The first-order valence-corrected chi connectivity index (χ1v) is 9.84. The Hall–Kier alpha value is -2.22. The molecule has 0 amide bonds. The largest absolute Gasteiger partial charge is 0.483 e. The van der Waals surface area contributed by atoms with E-state index in [0.29, 0.717) is 50.3 Å². The van der Waals surface area contributed by atoms with Gasteiger partial charge in [0.05, 0.1) is 13.2 Å². The summed E-state index contributed by atoms with van der Waals surface area (Å²) in [7, 11) is 0. The van der Waals surface area contributed by atoms with Gasteiger partial charge in [0.1, 0.15) is 34.3 Å². The number of halogens is 2. The lowest BCUT2D eigenvalue weighted by atomic mass is 9.89. The lowest BCUT2D eigenvalue weighted by Gasteiger charge is -2.40. The van der Waals surface area contributed by atoms with Crippen molar-refractivity contribution in [3.8, 4) is 11.5 Å². The van der Waals surface area contributed by atoms with Crippen LogP contribution < -0.4 is 14.8 Å². The molecule has 29 heavy (non-hydrogen) atoms. The van der Waals surface area contributed by atoms with Crippen molar-refractivity contribution >= 4 is 0 Å². The number of rotatable bonds is 6. The summed E-state index contributed by atoms with van der Waals surface area (Å²) in [6.45, 7) is 0.321. The van der Waals surface area contributed by atoms with Crippen molar-refractivity contribution < 1.29 is 28.5 Å². The minimum atomic E-state index is -0.822. The predicted molar refractivity (Wildman–Crippen MR) is 103 cm³/mol. The highest BCUT2D eigenvalue weighted by Crippen LogP contribution is 2.35. The van der Waals surface area contributed by atoms with Crippen molar-refractivity contribution in [2.24, 2.45) is 0 Å². The van der Waals surface area contributed by atoms with Crippen LogP contribution in [0.15, 0.2) is 36.4 Å². The number of ether oxygens (including phenoxy) is 2. The third kappa shape index (κ3) is 4.08. The molecule has 2 aliphatic heterocycles. The van der Waals surface area contributed by atoms with Gasteiger partial charge in [-0.05, 0) is 73.2 Å². The molecule has 0 aromatic heterocycles. The Balaban J connectivity index is 1.41. The van der Waals surface area contributed by atoms with Crippen LogP contribution in [-0.4, -0.2) is 47.7 Å². The first-order valence-electron chi connectivity index (χ1n) is 9.84. The van der Waals surface area contributed by atoms with Crippen LogP contribution in [0.25, 0.3) is 0 Å². The molecule has 0 fully saturated rings. The van der Waals surface area contributed by atoms with Gasteiger partial charge in [-0.3, -0.25) is 0 Å². The van der Waals surface area contributed by atoms with E-state index in [0.717, 1.165) is 11.1 Å². The molecule has 5 nitrogen and oxygen atoms in total. The van der Waals surface area contributed by atoms with Crippen LogP contribution in [0.1, 0.15) is 24.0 Å². The van der Waals surface area contributed by atoms with Gasteiger partial charge in [0.25, 0.3) is 0 Å². The SMILES string of the molecule is OCC1(CNCC2(CO)CCc3cc(F)ccc3O2)CCc2cc(F)ccc2O1. The van der Waals surface area contributed by atoms with E-state index in [2.05, 4.69) is 5.32 Å². The quantitative estimate of drug-likeness (QED) is 0.688. The summed E-state index contributed by atoms with van der Waals surface area (Å²) < 4.78 is 38.9. The van der Waals surface area contributed by atoms with Crippen LogP contribution in [0.2, 0.25) is 0 Å². The number of fused-ring (bicyclic) bond motifs is 2. The van der Waals surface area contributed by atoms with E-state index in [4.69, 9.17) is 9.47 Å². The third-order valence-electron chi connectivity index (χ3n) is 5.87. The molecule has 2 aliphatic rings. The normalized spacial score (nSPS) is 25.5. The maximum atomic E-state index is 13.4. The van der Waals surface area contributed by atoms with Crippen LogP contribution in [-0.2, 0) is 12.8 Å². The van der Waals surface area contributed by atoms with Gasteiger partial charge in [-0.1, -0.05) is 0 Å². The molecule has 7 heteroatoms. The molecule has 2 heterocycles. The summed E-state index contributed by atoms with van der Waals surface area (Å²) in [5.74, 6) is 0.549. The zero-order chi connectivity index (χ0) is 20.5. The maximum absolute atomic E-state index is 13.4. The van der Waals surface area contributed by atoms with Crippen LogP contribution in [0.5, 0.6) is 11.5 Å². The summed E-state index contributed by atoms with van der Waals surface area (Å²) in [4.78, 5) is 0. The van der Waals surface area contributed by atoms with Gasteiger partial charge in [-0.2, -0.15) is 0 Å². The highest BCUT2D eigenvalue weighted by atomic mass is 19.1. The van der Waals surface area contributed by atoms with Crippen molar-refractivity contribution in [2.45, 2.75) is 36.9 Å². The Bertz CT molecular complexity index is 822.